The fourth-order valence-corrected chi connectivity index (χ4v) is 3.68. The predicted molar refractivity (Wildman–Crippen MR) is 124 cm³/mol. The number of aromatic amines is 1. The summed E-state index contributed by atoms with van der Waals surface area (Å²) in [5.74, 6) is 0. The van der Waals surface area contributed by atoms with Gasteiger partial charge in [0.25, 0.3) is 5.56 Å². The molecule has 6 nitrogen and oxygen atoms in total. The molecule has 0 aliphatic carbocycles. The van der Waals surface area contributed by atoms with E-state index in [1.165, 1.54) is 4.90 Å². The van der Waals surface area contributed by atoms with Crippen molar-refractivity contribution in [2.24, 2.45) is 0 Å². The van der Waals surface area contributed by atoms with E-state index < -0.39 is 0 Å². The van der Waals surface area contributed by atoms with E-state index in [2.05, 4.69) is 29.0 Å². The number of hydrogen-bond acceptors (Lipinski definition) is 3. The molecule has 0 saturated carbocycles. The molecule has 1 heterocycles. The minimum absolute atomic E-state index is 0.0471. The Kier molecular flexibility index (Phi) is 9.57. The Morgan fingerprint density at radius 2 is 2.07 bits per heavy atom. The first-order valence-corrected chi connectivity index (χ1v) is 10.9. The number of methoxy groups -OCH3 is 1. The molecular weight excluding hydrogens is 384 g/mol. The maximum absolute atomic E-state index is 12.7. The van der Waals surface area contributed by atoms with Crippen LogP contribution in [0.15, 0.2) is 29.1 Å². The second-order valence-corrected chi connectivity index (χ2v) is 7.76. The predicted octanol–water partition coefficient (Wildman–Crippen LogP) is 1.47. The Hall–Kier alpha value is -1.96. The first kappa shape index (κ1) is 23.3. The number of hydrogen-bond donors (Lipinski definition) is 3. The van der Waals surface area contributed by atoms with Crippen LogP contribution in [-0.4, -0.2) is 61.4 Å². The smallest absolute Gasteiger partial charge is 0.253 e. The Bertz CT molecular complexity index is 848. The third-order valence-corrected chi connectivity index (χ3v) is 5.75. The van der Waals surface area contributed by atoms with Crippen LogP contribution in [0.25, 0.3) is 10.9 Å². The van der Waals surface area contributed by atoms with E-state index in [1.54, 1.807) is 7.11 Å². The van der Waals surface area contributed by atoms with E-state index in [0.29, 0.717) is 18.3 Å². The van der Waals surface area contributed by atoms with Crippen molar-refractivity contribution in [2.45, 2.75) is 33.7 Å². The highest BCUT2D eigenvalue weighted by molar-refractivity contribution is 7.80. The zero-order valence-corrected chi connectivity index (χ0v) is 19.0. The number of quaternary nitrogens is 1. The number of likely N-dealkylation sites (N-methyl/N-ethyl adjacent to an activating group) is 1. The Labute approximate surface area is 179 Å². The number of nitrogens with zero attached hydrogens (tertiary/aromatic N) is 1. The summed E-state index contributed by atoms with van der Waals surface area (Å²) < 4.78 is 5.11. The second-order valence-electron chi connectivity index (χ2n) is 7.37. The zero-order chi connectivity index (χ0) is 21.2. The molecule has 0 bridgehead atoms. The summed E-state index contributed by atoms with van der Waals surface area (Å²) in [6.45, 7) is 12.3. The molecule has 3 N–H and O–H groups in total. The van der Waals surface area contributed by atoms with Crippen LogP contribution in [-0.2, 0) is 11.3 Å². The number of para-hydroxylation sites is 1. The van der Waals surface area contributed by atoms with Gasteiger partial charge in [-0.3, -0.25) is 4.79 Å². The number of thiocarbonyl (C=S) groups is 1. The number of H-pyrrole nitrogens is 1. The maximum Gasteiger partial charge on any atom is 0.253 e. The molecule has 7 heteroatoms. The van der Waals surface area contributed by atoms with Gasteiger partial charge in [-0.25, -0.2) is 0 Å². The normalized spacial score (nSPS) is 11.2. The zero-order valence-electron chi connectivity index (χ0n) is 18.1. The highest BCUT2D eigenvalue weighted by Crippen LogP contribution is 2.15. The SMILES string of the molecule is CC[NH+](CC)CCN(Cc1cc2cccc(C)c2[nH]c1=O)C(=S)NCCCOC. The van der Waals surface area contributed by atoms with Gasteiger partial charge >= 0.3 is 0 Å². The van der Waals surface area contributed by atoms with E-state index in [-0.39, 0.29) is 5.56 Å². The standard InChI is InChI=1S/C22H34N4O2S/c1-5-25(6-2)12-13-26(22(29)23-11-8-14-28-4)16-19-15-18-10-7-9-17(3)20(18)24-21(19)27/h7,9-10,15H,5-6,8,11-14,16H2,1-4H3,(H,23,29)(H,24,27)/p+1. The molecule has 0 aliphatic rings. The van der Waals surface area contributed by atoms with Gasteiger partial charge in [0.1, 0.15) is 0 Å². The lowest BCUT2D eigenvalue weighted by Crippen LogP contribution is -3.12. The van der Waals surface area contributed by atoms with Crippen molar-refractivity contribution in [2.75, 3.05) is 46.4 Å². The number of aromatic nitrogens is 1. The van der Waals surface area contributed by atoms with Gasteiger partial charge in [-0.05, 0) is 56.4 Å². The number of ether oxygens (including phenoxy) is 1. The van der Waals surface area contributed by atoms with Crippen LogP contribution in [0.2, 0.25) is 0 Å². The molecule has 160 valence electrons. The van der Waals surface area contributed by atoms with Gasteiger partial charge in [-0.15, -0.1) is 0 Å². The fourth-order valence-electron chi connectivity index (χ4n) is 3.42. The topological polar surface area (TPSA) is 61.8 Å². The maximum atomic E-state index is 12.7. The van der Waals surface area contributed by atoms with Crippen molar-refractivity contribution >= 4 is 28.2 Å². The van der Waals surface area contributed by atoms with E-state index in [9.17, 15) is 4.79 Å². The molecule has 0 saturated heterocycles. The summed E-state index contributed by atoms with van der Waals surface area (Å²) in [4.78, 5) is 19.4. The van der Waals surface area contributed by atoms with Crippen molar-refractivity contribution in [1.82, 2.24) is 15.2 Å². The molecule has 2 aromatic rings. The highest BCUT2D eigenvalue weighted by atomic mass is 32.1. The molecule has 0 atom stereocenters. The van der Waals surface area contributed by atoms with Gasteiger partial charge in [0.2, 0.25) is 0 Å². The van der Waals surface area contributed by atoms with Gasteiger partial charge in [-0.2, -0.15) is 0 Å². The van der Waals surface area contributed by atoms with Gasteiger partial charge in [-0.1, -0.05) is 18.2 Å². The number of fused-ring (bicyclic) bond motifs is 1. The van der Waals surface area contributed by atoms with Crippen LogP contribution in [0, 0.1) is 6.92 Å². The largest absolute Gasteiger partial charge is 0.385 e. The summed E-state index contributed by atoms with van der Waals surface area (Å²) in [7, 11) is 1.70. The van der Waals surface area contributed by atoms with Crippen LogP contribution >= 0.6 is 12.2 Å². The monoisotopic (exact) mass is 419 g/mol. The third kappa shape index (κ3) is 6.80. The number of rotatable bonds is 11. The Morgan fingerprint density at radius 1 is 1.31 bits per heavy atom. The molecule has 0 fully saturated rings. The molecule has 2 rings (SSSR count). The average Bonchev–Trinajstić information content (AvgIpc) is 2.72. The molecule has 0 unspecified atom stereocenters. The molecule has 1 aromatic carbocycles. The number of nitrogens with one attached hydrogen (secondary N) is 3. The fraction of sp³-hybridized carbons (Fsp3) is 0.545. The molecular formula is C22H35N4O2S+. The molecule has 0 radical (unpaired) electrons. The van der Waals surface area contributed by atoms with E-state index in [0.717, 1.165) is 61.2 Å². The number of aryl methyl sites for hydroxylation is 1. The summed E-state index contributed by atoms with van der Waals surface area (Å²) >= 11 is 5.66. The lowest BCUT2D eigenvalue weighted by atomic mass is 10.1. The second kappa shape index (κ2) is 11.9. The van der Waals surface area contributed by atoms with Gasteiger partial charge < -0.3 is 24.8 Å². The van der Waals surface area contributed by atoms with E-state index >= 15 is 0 Å². The van der Waals surface area contributed by atoms with Crippen LogP contribution in [0.4, 0.5) is 0 Å². The minimum Gasteiger partial charge on any atom is -0.385 e. The van der Waals surface area contributed by atoms with E-state index in [4.69, 9.17) is 17.0 Å². The van der Waals surface area contributed by atoms with Crippen molar-refractivity contribution in [1.29, 1.82) is 0 Å². The summed E-state index contributed by atoms with van der Waals surface area (Å²) in [6, 6.07) is 8.05. The van der Waals surface area contributed by atoms with Crippen molar-refractivity contribution in [3.8, 4) is 0 Å². The summed E-state index contributed by atoms with van der Waals surface area (Å²) in [6.07, 6.45) is 0.890. The van der Waals surface area contributed by atoms with E-state index in [1.807, 2.05) is 31.2 Å². The minimum atomic E-state index is -0.0471. The van der Waals surface area contributed by atoms with Crippen molar-refractivity contribution < 1.29 is 9.64 Å². The molecule has 0 spiro atoms. The van der Waals surface area contributed by atoms with Crippen molar-refractivity contribution in [3.05, 3.63) is 45.7 Å². The number of benzene rings is 1. The van der Waals surface area contributed by atoms with Crippen LogP contribution in [0.3, 0.4) is 0 Å². The lowest BCUT2D eigenvalue weighted by Gasteiger charge is -2.27. The first-order valence-electron chi connectivity index (χ1n) is 10.5. The average molecular weight is 420 g/mol. The van der Waals surface area contributed by atoms with Crippen LogP contribution in [0.1, 0.15) is 31.4 Å². The third-order valence-electron chi connectivity index (χ3n) is 5.35. The molecule has 29 heavy (non-hydrogen) atoms. The van der Waals surface area contributed by atoms with Crippen LogP contribution < -0.4 is 15.8 Å². The van der Waals surface area contributed by atoms with Crippen LogP contribution in [0.5, 0.6) is 0 Å². The quantitative estimate of drug-likeness (QED) is 0.380. The summed E-state index contributed by atoms with van der Waals surface area (Å²) in [5, 5.41) is 5.06. The van der Waals surface area contributed by atoms with Crippen molar-refractivity contribution in [3.63, 3.8) is 0 Å². The summed E-state index contributed by atoms with van der Waals surface area (Å²) in [5.41, 5.74) is 2.66. The molecule has 0 amide bonds. The van der Waals surface area contributed by atoms with Gasteiger partial charge in [0.15, 0.2) is 5.11 Å². The first-order chi connectivity index (χ1) is 14.0. The lowest BCUT2D eigenvalue weighted by molar-refractivity contribution is -0.895. The van der Waals surface area contributed by atoms with Gasteiger partial charge in [0.05, 0.1) is 38.2 Å². The number of pyridine rings is 1. The Morgan fingerprint density at radius 3 is 2.76 bits per heavy atom. The highest BCUT2D eigenvalue weighted by Gasteiger charge is 2.15. The Balaban J connectivity index is 2.19. The molecule has 1 aromatic heterocycles. The van der Waals surface area contributed by atoms with Gasteiger partial charge in [0, 0.05) is 25.8 Å². The molecule has 0 aliphatic heterocycles.